The molecule has 2 rings (SSSR count). The third-order valence-electron chi connectivity index (χ3n) is 3.38. The van der Waals surface area contributed by atoms with E-state index in [1.165, 1.54) is 7.05 Å². The number of carboxylic acids is 1. The number of nitrogens with zero attached hydrogens (tertiary/aromatic N) is 1. The molecule has 26 heavy (non-hydrogen) atoms. The van der Waals surface area contributed by atoms with Gasteiger partial charge in [-0.05, 0) is 23.8 Å². The van der Waals surface area contributed by atoms with Crippen LogP contribution in [0.25, 0.3) is 0 Å². The van der Waals surface area contributed by atoms with Crippen LogP contribution in [0, 0.1) is 0 Å². The Morgan fingerprint density at radius 1 is 1.15 bits per heavy atom. The SMILES string of the molecule is CN(C(=O)COCc1ccccc1)C(Sc1cc(Cl)cc(Cl)c1)C(=O)O. The number of rotatable bonds is 8. The monoisotopic (exact) mass is 413 g/mol. The molecular weight excluding hydrogens is 397 g/mol. The number of likely N-dealkylation sites (N-methyl/N-ethyl adjacent to an activating group) is 1. The van der Waals surface area contributed by atoms with Gasteiger partial charge < -0.3 is 14.7 Å². The fourth-order valence-corrected chi connectivity index (χ4v) is 3.76. The van der Waals surface area contributed by atoms with E-state index in [1.807, 2.05) is 30.3 Å². The van der Waals surface area contributed by atoms with Crippen molar-refractivity contribution in [2.24, 2.45) is 0 Å². The van der Waals surface area contributed by atoms with Crippen molar-refractivity contribution in [3.8, 4) is 0 Å². The van der Waals surface area contributed by atoms with Crippen molar-refractivity contribution in [3.63, 3.8) is 0 Å². The number of carbonyl (C=O) groups is 2. The van der Waals surface area contributed by atoms with Gasteiger partial charge in [-0.2, -0.15) is 0 Å². The highest BCUT2D eigenvalue weighted by Gasteiger charge is 2.28. The summed E-state index contributed by atoms with van der Waals surface area (Å²) in [5.74, 6) is -1.58. The van der Waals surface area contributed by atoms with E-state index in [4.69, 9.17) is 27.9 Å². The topological polar surface area (TPSA) is 66.8 Å². The van der Waals surface area contributed by atoms with E-state index in [0.717, 1.165) is 22.2 Å². The lowest BCUT2D eigenvalue weighted by Crippen LogP contribution is -2.41. The summed E-state index contributed by atoms with van der Waals surface area (Å²) in [4.78, 5) is 25.6. The maximum atomic E-state index is 12.3. The third kappa shape index (κ3) is 6.21. The Bertz CT molecular complexity index is 753. The van der Waals surface area contributed by atoms with Crippen molar-refractivity contribution in [2.45, 2.75) is 16.9 Å². The number of thioether (sulfide) groups is 1. The van der Waals surface area contributed by atoms with Crippen LogP contribution in [-0.2, 0) is 20.9 Å². The minimum Gasteiger partial charge on any atom is -0.479 e. The molecule has 1 unspecified atom stereocenters. The van der Waals surface area contributed by atoms with Crippen molar-refractivity contribution in [3.05, 3.63) is 64.1 Å². The van der Waals surface area contributed by atoms with E-state index < -0.39 is 17.3 Å². The molecule has 5 nitrogen and oxygen atoms in total. The molecule has 1 atom stereocenters. The summed E-state index contributed by atoms with van der Waals surface area (Å²) in [5.41, 5.74) is 0.931. The Kier molecular flexibility index (Phi) is 7.78. The van der Waals surface area contributed by atoms with Gasteiger partial charge in [-0.1, -0.05) is 65.3 Å². The molecule has 0 saturated heterocycles. The van der Waals surface area contributed by atoms with Gasteiger partial charge in [0.1, 0.15) is 6.61 Å². The second kappa shape index (κ2) is 9.83. The summed E-state index contributed by atoms with van der Waals surface area (Å²) >= 11 is 12.8. The zero-order chi connectivity index (χ0) is 19.1. The Morgan fingerprint density at radius 2 is 1.77 bits per heavy atom. The van der Waals surface area contributed by atoms with Gasteiger partial charge in [0.2, 0.25) is 5.91 Å². The van der Waals surface area contributed by atoms with Crippen LogP contribution in [0.3, 0.4) is 0 Å². The van der Waals surface area contributed by atoms with Crippen LogP contribution in [0.1, 0.15) is 5.56 Å². The van der Waals surface area contributed by atoms with Crippen molar-refractivity contribution >= 4 is 46.8 Å². The standard InChI is InChI=1S/C18H17Cl2NO4S/c1-21(16(22)11-25-10-12-5-3-2-4-6-12)17(18(23)24)26-15-8-13(19)7-14(20)9-15/h2-9,17H,10-11H2,1H3,(H,23,24). The molecule has 2 aromatic carbocycles. The fraction of sp³-hybridized carbons (Fsp3) is 0.222. The minimum atomic E-state index is -1.15. The molecule has 0 radical (unpaired) electrons. The summed E-state index contributed by atoms with van der Waals surface area (Å²) in [6, 6.07) is 14.1. The molecule has 0 aromatic heterocycles. The van der Waals surface area contributed by atoms with Gasteiger partial charge in [0.05, 0.1) is 6.61 Å². The van der Waals surface area contributed by atoms with Crippen LogP contribution in [-0.4, -0.2) is 40.9 Å². The number of hydrogen-bond donors (Lipinski definition) is 1. The number of benzene rings is 2. The summed E-state index contributed by atoms with van der Waals surface area (Å²) in [7, 11) is 1.42. The number of aliphatic carboxylic acids is 1. The Morgan fingerprint density at radius 3 is 2.35 bits per heavy atom. The highest BCUT2D eigenvalue weighted by Crippen LogP contribution is 2.30. The molecule has 0 aliphatic rings. The third-order valence-corrected chi connectivity index (χ3v) is 5.06. The van der Waals surface area contributed by atoms with E-state index in [-0.39, 0.29) is 13.2 Å². The average Bonchev–Trinajstić information content (AvgIpc) is 2.59. The van der Waals surface area contributed by atoms with Gasteiger partial charge >= 0.3 is 5.97 Å². The summed E-state index contributed by atoms with van der Waals surface area (Å²) < 4.78 is 5.39. The van der Waals surface area contributed by atoms with Gasteiger partial charge in [-0.3, -0.25) is 4.79 Å². The predicted octanol–water partition coefficient (Wildman–Crippen LogP) is 4.17. The molecule has 0 fully saturated rings. The largest absolute Gasteiger partial charge is 0.479 e. The van der Waals surface area contributed by atoms with E-state index in [0.29, 0.717) is 14.9 Å². The first-order chi connectivity index (χ1) is 12.4. The molecule has 0 aliphatic carbocycles. The fourth-order valence-electron chi connectivity index (χ4n) is 2.08. The number of carbonyl (C=O) groups excluding carboxylic acids is 1. The molecule has 0 heterocycles. The van der Waals surface area contributed by atoms with E-state index >= 15 is 0 Å². The van der Waals surface area contributed by atoms with Crippen LogP contribution < -0.4 is 0 Å². The maximum absolute atomic E-state index is 12.3. The van der Waals surface area contributed by atoms with Gasteiger partial charge in [0.15, 0.2) is 5.37 Å². The Balaban J connectivity index is 1.97. The van der Waals surface area contributed by atoms with Crippen LogP contribution in [0.4, 0.5) is 0 Å². The van der Waals surface area contributed by atoms with Crippen molar-refractivity contribution < 1.29 is 19.4 Å². The van der Waals surface area contributed by atoms with Gasteiger partial charge in [0, 0.05) is 22.0 Å². The molecule has 1 N–H and O–H groups in total. The highest BCUT2D eigenvalue weighted by molar-refractivity contribution is 8.00. The van der Waals surface area contributed by atoms with E-state index in [1.54, 1.807) is 18.2 Å². The zero-order valence-corrected chi connectivity index (χ0v) is 16.2. The first-order valence-corrected chi connectivity index (χ1v) is 9.23. The van der Waals surface area contributed by atoms with Crippen LogP contribution >= 0.6 is 35.0 Å². The smallest absolute Gasteiger partial charge is 0.337 e. The van der Waals surface area contributed by atoms with Crippen molar-refractivity contribution in [2.75, 3.05) is 13.7 Å². The second-order valence-corrected chi connectivity index (χ2v) is 7.42. The summed E-state index contributed by atoms with van der Waals surface area (Å²) in [6.45, 7) is 0.0568. The van der Waals surface area contributed by atoms with E-state index in [9.17, 15) is 14.7 Å². The first-order valence-electron chi connectivity index (χ1n) is 7.59. The highest BCUT2D eigenvalue weighted by atomic mass is 35.5. The molecular formula is C18H17Cl2NO4S. The molecule has 2 aromatic rings. The molecule has 8 heteroatoms. The Labute approximate surface area is 165 Å². The molecule has 0 saturated carbocycles. The van der Waals surface area contributed by atoms with Gasteiger partial charge in [-0.25, -0.2) is 4.79 Å². The summed E-state index contributed by atoms with van der Waals surface area (Å²) in [6.07, 6.45) is 0. The Hall–Kier alpha value is -1.73. The van der Waals surface area contributed by atoms with E-state index in [2.05, 4.69) is 0 Å². The molecule has 0 aliphatic heterocycles. The normalized spacial score (nSPS) is 11.8. The van der Waals surface area contributed by atoms with Crippen LogP contribution in [0.15, 0.2) is 53.4 Å². The zero-order valence-electron chi connectivity index (χ0n) is 13.9. The molecule has 138 valence electrons. The lowest BCUT2D eigenvalue weighted by atomic mass is 10.2. The van der Waals surface area contributed by atoms with Crippen molar-refractivity contribution in [1.29, 1.82) is 0 Å². The lowest BCUT2D eigenvalue weighted by molar-refractivity contribution is -0.147. The van der Waals surface area contributed by atoms with Crippen molar-refractivity contribution in [1.82, 2.24) is 4.90 Å². The number of carboxylic acid groups (broad SMARTS) is 1. The summed E-state index contributed by atoms with van der Waals surface area (Å²) in [5, 5.41) is 9.13. The quantitative estimate of drug-likeness (QED) is 0.519. The molecule has 0 spiro atoms. The average molecular weight is 414 g/mol. The molecule has 0 bridgehead atoms. The van der Waals surface area contributed by atoms with Gasteiger partial charge in [0.25, 0.3) is 0 Å². The molecule has 1 amide bonds. The minimum absolute atomic E-state index is 0.216. The predicted molar refractivity (Wildman–Crippen MR) is 103 cm³/mol. The van der Waals surface area contributed by atoms with Gasteiger partial charge in [-0.15, -0.1) is 0 Å². The first kappa shape index (κ1) is 20.6. The lowest BCUT2D eigenvalue weighted by Gasteiger charge is -2.24. The number of ether oxygens (including phenoxy) is 1. The second-order valence-electron chi connectivity index (χ2n) is 5.40. The van der Waals surface area contributed by atoms with Crippen LogP contribution in [0.2, 0.25) is 10.0 Å². The number of amides is 1. The maximum Gasteiger partial charge on any atom is 0.337 e. The number of halogens is 2. The van der Waals surface area contributed by atoms with Crippen LogP contribution in [0.5, 0.6) is 0 Å². The number of hydrogen-bond acceptors (Lipinski definition) is 4.